The van der Waals surface area contributed by atoms with Gasteiger partial charge in [-0.05, 0) is 50.2 Å². The van der Waals surface area contributed by atoms with Crippen LogP contribution in [0.3, 0.4) is 0 Å². The predicted molar refractivity (Wildman–Crippen MR) is 114 cm³/mol. The Hall–Kier alpha value is -1.94. The second-order valence-corrected chi connectivity index (χ2v) is 10.1. The third-order valence-electron chi connectivity index (χ3n) is 3.31. The molecule has 0 saturated heterocycles. The molecule has 1 aromatic heterocycles. The topological polar surface area (TPSA) is 109 Å². The van der Waals surface area contributed by atoms with Gasteiger partial charge in [-0.25, -0.2) is 18.2 Å². The fourth-order valence-corrected chi connectivity index (χ4v) is 3.42. The van der Waals surface area contributed by atoms with E-state index in [1.54, 1.807) is 26.0 Å². The van der Waals surface area contributed by atoms with Crippen LogP contribution >= 0.6 is 34.8 Å². The molecule has 1 aromatic carbocycles. The zero-order valence-corrected chi connectivity index (χ0v) is 18.5. The largest absolute Gasteiger partial charge is 0.447 e. The van der Waals surface area contributed by atoms with Crippen LogP contribution in [0.1, 0.15) is 13.8 Å². The van der Waals surface area contributed by atoms with Crippen molar-refractivity contribution >= 4 is 62.4 Å². The van der Waals surface area contributed by atoms with E-state index in [1.807, 2.05) is 0 Å². The summed E-state index contributed by atoms with van der Waals surface area (Å²) in [6, 6.07) is 10.5. The van der Waals surface area contributed by atoms with Crippen molar-refractivity contribution in [2.75, 3.05) is 10.0 Å². The molecule has 158 valence electrons. The van der Waals surface area contributed by atoms with Crippen LogP contribution in [0.15, 0.2) is 53.6 Å². The molecule has 1 atom stereocenters. The predicted octanol–water partition coefficient (Wildman–Crippen LogP) is 4.13. The van der Waals surface area contributed by atoms with Gasteiger partial charge in [-0.2, -0.15) is 0 Å². The van der Waals surface area contributed by atoms with Crippen molar-refractivity contribution in [1.82, 2.24) is 10.3 Å². The fraction of sp³-hybridized carbons (Fsp3) is 0.294. The van der Waals surface area contributed by atoms with Crippen LogP contribution in [0.2, 0.25) is 0 Å². The quantitative estimate of drug-likeness (QED) is 0.405. The summed E-state index contributed by atoms with van der Waals surface area (Å²) >= 11 is 17.7. The second-order valence-electron chi connectivity index (χ2n) is 6.06. The Morgan fingerprint density at radius 1 is 1.10 bits per heavy atom. The van der Waals surface area contributed by atoms with E-state index in [0.717, 1.165) is 0 Å². The van der Waals surface area contributed by atoms with Gasteiger partial charge < -0.3 is 10.1 Å². The van der Waals surface area contributed by atoms with Gasteiger partial charge in [0.15, 0.2) is 0 Å². The van der Waals surface area contributed by atoms with Crippen LogP contribution in [0.5, 0.6) is 0 Å². The van der Waals surface area contributed by atoms with Crippen molar-refractivity contribution in [1.29, 1.82) is 0 Å². The van der Waals surface area contributed by atoms with Gasteiger partial charge in [0.05, 0.1) is 11.0 Å². The Morgan fingerprint density at radius 3 is 2.28 bits per heavy atom. The third kappa shape index (κ3) is 7.43. The number of ether oxygens (including phenoxy) is 1. The van der Waals surface area contributed by atoms with E-state index in [0.29, 0.717) is 5.69 Å². The molecule has 0 radical (unpaired) electrons. The number of carbonyl (C=O) groups excluding carboxylic acids is 1. The Balaban J connectivity index is 2.12. The summed E-state index contributed by atoms with van der Waals surface area (Å²) in [5.74, 6) is 0.193. The number of rotatable bonds is 7. The molecule has 3 N–H and O–H groups in total. The zero-order valence-electron chi connectivity index (χ0n) is 15.4. The van der Waals surface area contributed by atoms with Gasteiger partial charge in [-0.1, -0.05) is 40.9 Å². The summed E-state index contributed by atoms with van der Waals surface area (Å²) in [5, 5.41) is 5.22. The molecule has 2 rings (SSSR count). The molecule has 8 nitrogen and oxygen atoms in total. The van der Waals surface area contributed by atoms with Gasteiger partial charge in [0.2, 0.25) is 3.79 Å². The summed E-state index contributed by atoms with van der Waals surface area (Å²) < 4.78 is 30.3. The van der Waals surface area contributed by atoms with E-state index in [1.165, 1.54) is 36.5 Å². The number of alkyl carbamates (subject to hydrolysis) is 1. The number of hydrogen-bond acceptors (Lipinski definition) is 6. The number of carbonyl (C=O) groups is 1. The van der Waals surface area contributed by atoms with Gasteiger partial charge in [-0.3, -0.25) is 10.0 Å². The Kier molecular flexibility index (Phi) is 7.81. The van der Waals surface area contributed by atoms with Crippen LogP contribution < -0.4 is 15.4 Å². The van der Waals surface area contributed by atoms with Crippen molar-refractivity contribution < 1.29 is 17.9 Å². The van der Waals surface area contributed by atoms with Crippen LogP contribution in [0, 0.1) is 0 Å². The molecule has 1 amide bonds. The molecule has 0 aliphatic carbocycles. The van der Waals surface area contributed by atoms with Gasteiger partial charge in [-0.15, -0.1) is 0 Å². The third-order valence-corrected chi connectivity index (χ3v) is 5.34. The van der Waals surface area contributed by atoms with Gasteiger partial charge >= 0.3 is 6.09 Å². The number of pyridine rings is 1. The van der Waals surface area contributed by atoms with Crippen molar-refractivity contribution in [3.8, 4) is 0 Å². The zero-order chi connectivity index (χ0) is 21.7. The highest BCUT2D eigenvalue weighted by molar-refractivity contribution is 7.92. The number of halogens is 3. The highest BCUT2D eigenvalue weighted by atomic mass is 35.6. The molecule has 1 heterocycles. The fourth-order valence-electron chi connectivity index (χ4n) is 2.08. The molecule has 0 aliphatic rings. The minimum Gasteiger partial charge on any atom is -0.447 e. The smallest absolute Gasteiger partial charge is 0.409 e. The van der Waals surface area contributed by atoms with Crippen molar-refractivity contribution in [3.05, 3.63) is 48.7 Å². The molecular weight excluding hydrogens is 463 g/mol. The highest BCUT2D eigenvalue weighted by Gasteiger charge is 2.34. The first kappa shape index (κ1) is 23.3. The summed E-state index contributed by atoms with van der Waals surface area (Å²) in [5.41, 5.74) is 0.406. The lowest BCUT2D eigenvalue weighted by molar-refractivity contribution is 0.113. The van der Waals surface area contributed by atoms with Crippen molar-refractivity contribution in [3.63, 3.8) is 0 Å². The molecular formula is C17H19Cl3N4O4S. The first-order valence-electron chi connectivity index (χ1n) is 8.32. The lowest BCUT2D eigenvalue weighted by Gasteiger charge is -2.27. The first-order valence-corrected chi connectivity index (χ1v) is 10.9. The number of benzene rings is 1. The van der Waals surface area contributed by atoms with Gasteiger partial charge in [0.1, 0.15) is 12.0 Å². The number of anilines is 2. The number of nitrogens with one attached hydrogen (secondary N) is 3. The maximum Gasteiger partial charge on any atom is 0.409 e. The number of aromatic nitrogens is 1. The Morgan fingerprint density at radius 2 is 1.76 bits per heavy atom. The summed E-state index contributed by atoms with van der Waals surface area (Å²) in [6.45, 7) is 3.35. The Labute approximate surface area is 183 Å². The molecule has 0 fully saturated rings. The SMILES string of the molecule is CC(C)OC(=O)N[C@@H](Nc1ccc(S(=O)(=O)Nc2ccccn2)cc1)C(Cl)(Cl)Cl. The summed E-state index contributed by atoms with van der Waals surface area (Å²) in [4.78, 5) is 15.7. The number of sulfonamides is 1. The molecule has 12 heteroatoms. The maximum absolute atomic E-state index is 12.4. The molecule has 0 saturated carbocycles. The maximum atomic E-state index is 12.4. The van der Waals surface area contributed by atoms with Gasteiger partial charge in [0, 0.05) is 11.9 Å². The summed E-state index contributed by atoms with van der Waals surface area (Å²) in [7, 11) is -3.83. The van der Waals surface area contributed by atoms with Crippen LogP contribution in [-0.2, 0) is 14.8 Å². The molecule has 29 heavy (non-hydrogen) atoms. The standard InChI is InChI=1S/C17H19Cl3N4O4S/c1-11(2)28-16(25)23-15(17(18,19)20)22-12-6-8-13(9-7-12)29(26,27)24-14-5-3-4-10-21-14/h3-11,15,22H,1-2H3,(H,21,24)(H,23,25)/t15-/m1/s1. The highest BCUT2D eigenvalue weighted by Crippen LogP contribution is 2.31. The minimum atomic E-state index is -3.83. The van der Waals surface area contributed by atoms with E-state index >= 15 is 0 Å². The first-order chi connectivity index (χ1) is 13.5. The number of alkyl halides is 3. The minimum absolute atomic E-state index is 0.00585. The number of hydrogen-bond donors (Lipinski definition) is 3. The van der Waals surface area contributed by atoms with E-state index in [9.17, 15) is 13.2 Å². The van der Waals surface area contributed by atoms with Crippen LogP contribution in [0.25, 0.3) is 0 Å². The van der Waals surface area contributed by atoms with Crippen LogP contribution in [0.4, 0.5) is 16.3 Å². The van der Waals surface area contributed by atoms with E-state index in [-0.39, 0.29) is 16.8 Å². The normalized spacial score (nSPS) is 12.9. The van der Waals surface area contributed by atoms with Crippen molar-refractivity contribution in [2.45, 2.75) is 34.8 Å². The second kappa shape index (κ2) is 9.71. The lowest BCUT2D eigenvalue weighted by atomic mass is 10.3. The van der Waals surface area contributed by atoms with Gasteiger partial charge in [0.25, 0.3) is 10.0 Å². The molecule has 0 aliphatic heterocycles. The van der Waals surface area contributed by atoms with E-state index in [4.69, 9.17) is 39.5 Å². The number of amides is 1. The lowest BCUT2D eigenvalue weighted by Crippen LogP contribution is -2.49. The summed E-state index contributed by atoms with van der Waals surface area (Å²) in [6.07, 6.45) is -0.795. The number of nitrogens with zero attached hydrogens (tertiary/aromatic N) is 1. The average molecular weight is 482 g/mol. The molecule has 0 spiro atoms. The van der Waals surface area contributed by atoms with E-state index in [2.05, 4.69) is 20.3 Å². The van der Waals surface area contributed by atoms with Crippen LogP contribution in [-0.4, -0.2) is 35.6 Å². The Bertz CT molecular complexity index is 920. The van der Waals surface area contributed by atoms with E-state index < -0.39 is 26.1 Å². The average Bonchev–Trinajstić information content (AvgIpc) is 2.60. The molecule has 0 unspecified atom stereocenters. The molecule has 2 aromatic rings. The van der Waals surface area contributed by atoms with Crippen molar-refractivity contribution in [2.24, 2.45) is 0 Å². The molecule has 0 bridgehead atoms. The monoisotopic (exact) mass is 480 g/mol.